The van der Waals surface area contributed by atoms with E-state index in [-0.39, 0.29) is 18.4 Å². The third kappa shape index (κ3) is 6.27. The summed E-state index contributed by atoms with van der Waals surface area (Å²) >= 11 is 0. The Balaban J connectivity index is 1.42. The molecule has 0 bridgehead atoms. The molecule has 1 aromatic heterocycles. The Morgan fingerprint density at radius 3 is 2.15 bits per heavy atom. The second-order valence-corrected chi connectivity index (χ2v) is 9.44. The number of aromatic nitrogens is 2. The first-order valence-corrected chi connectivity index (χ1v) is 13.0. The van der Waals surface area contributed by atoms with Crippen LogP contribution in [-0.2, 0) is 11.3 Å². The molecular weight excluding hydrogens is 500 g/mol. The molecule has 4 aromatic carbocycles. The Kier molecular flexibility index (Phi) is 8.02. The zero-order chi connectivity index (χ0) is 27.9. The van der Waals surface area contributed by atoms with Crippen LogP contribution < -0.4 is 10.1 Å². The summed E-state index contributed by atoms with van der Waals surface area (Å²) in [5, 5.41) is 2.95. The molecule has 0 saturated heterocycles. The van der Waals surface area contributed by atoms with Crippen LogP contribution in [0.25, 0.3) is 16.9 Å². The Hall–Kier alpha value is -5.17. The molecule has 40 heavy (non-hydrogen) atoms. The lowest BCUT2D eigenvalue weighted by Gasteiger charge is -2.22. The summed E-state index contributed by atoms with van der Waals surface area (Å²) in [6.07, 6.45) is 1.88. The van der Waals surface area contributed by atoms with Gasteiger partial charge in [-0.25, -0.2) is 4.98 Å². The van der Waals surface area contributed by atoms with Gasteiger partial charge in [-0.1, -0.05) is 66.2 Å². The lowest BCUT2D eigenvalue weighted by Crippen LogP contribution is -2.38. The number of ether oxygens (including phenoxy) is 1. The number of nitrogens with one attached hydrogen (secondary N) is 1. The van der Waals surface area contributed by atoms with Crippen LogP contribution in [0.3, 0.4) is 0 Å². The van der Waals surface area contributed by atoms with Crippen LogP contribution in [0, 0.1) is 6.92 Å². The SMILES string of the molecule is COc1ccc(-c2cn(-c3ccccc3)c(NC(=O)CN(Cc3ccccc3)C(=O)c3ccc(C)cc3)n2)cc1. The molecule has 0 saturated carbocycles. The molecule has 0 aliphatic carbocycles. The van der Waals surface area contributed by atoms with E-state index in [1.807, 2.05) is 115 Å². The van der Waals surface area contributed by atoms with Crippen LogP contribution >= 0.6 is 0 Å². The van der Waals surface area contributed by atoms with Gasteiger partial charge in [0.15, 0.2) is 0 Å². The van der Waals surface area contributed by atoms with Crippen LogP contribution in [-0.4, -0.2) is 39.9 Å². The molecule has 0 aliphatic heterocycles. The van der Waals surface area contributed by atoms with Crippen molar-refractivity contribution in [1.29, 1.82) is 0 Å². The van der Waals surface area contributed by atoms with Crippen molar-refractivity contribution in [2.45, 2.75) is 13.5 Å². The van der Waals surface area contributed by atoms with Crippen molar-refractivity contribution < 1.29 is 14.3 Å². The summed E-state index contributed by atoms with van der Waals surface area (Å²) in [6, 6.07) is 34.3. The van der Waals surface area contributed by atoms with E-state index >= 15 is 0 Å². The third-order valence-electron chi connectivity index (χ3n) is 6.51. The fourth-order valence-corrected chi connectivity index (χ4v) is 4.37. The second kappa shape index (κ2) is 12.1. The van der Waals surface area contributed by atoms with Gasteiger partial charge in [0.25, 0.3) is 5.91 Å². The van der Waals surface area contributed by atoms with E-state index in [1.54, 1.807) is 24.1 Å². The maximum Gasteiger partial charge on any atom is 0.254 e. The van der Waals surface area contributed by atoms with Crippen LogP contribution in [0.5, 0.6) is 5.75 Å². The molecule has 0 atom stereocenters. The van der Waals surface area contributed by atoms with Crippen LogP contribution in [0.2, 0.25) is 0 Å². The van der Waals surface area contributed by atoms with E-state index in [2.05, 4.69) is 5.32 Å². The predicted octanol–water partition coefficient (Wildman–Crippen LogP) is 6.14. The van der Waals surface area contributed by atoms with Crippen molar-refractivity contribution in [3.63, 3.8) is 0 Å². The van der Waals surface area contributed by atoms with Gasteiger partial charge in [-0.2, -0.15) is 0 Å². The first-order valence-electron chi connectivity index (χ1n) is 13.0. The summed E-state index contributed by atoms with van der Waals surface area (Å²) in [6.45, 7) is 2.13. The van der Waals surface area contributed by atoms with Gasteiger partial charge in [-0.3, -0.25) is 19.5 Å². The zero-order valence-electron chi connectivity index (χ0n) is 22.5. The molecule has 5 aromatic rings. The lowest BCUT2D eigenvalue weighted by atomic mass is 10.1. The molecular formula is C33H30N4O3. The molecule has 0 fully saturated rings. The summed E-state index contributed by atoms with van der Waals surface area (Å²) in [4.78, 5) is 33.2. The van der Waals surface area contributed by atoms with Crippen LogP contribution in [0.4, 0.5) is 5.95 Å². The molecule has 1 heterocycles. The van der Waals surface area contributed by atoms with E-state index in [0.717, 1.165) is 28.1 Å². The van der Waals surface area contributed by atoms with E-state index in [1.165, 1.54) is 0 Å². The van der Waals surface area contributed by atoms with Crippen LogP contribution in [0.15, 0.2) is 115 Å². The minimum Gasteiger partial charge on any atom is -0.497 e. The van der Waals surface area contributed by atoms with Gasteiger partial charge in [0, 0.05) is 29.6 Å². The average Bonchev–Trinajstić information content (AvgIpc) is 3.41. The maximum absolute atomic E-state index is 13.5. The van der Waals surface area contributed by atoms with Crippen molar-refractivity contribution in [3.05, 3.63) is 132 Å². The fourth-order valence-electron chi connectivity index (χ4n) is 4.37. The van der Waals surface area contributed by atoms with Crippen molar-refractivity contribution in [3.8, 4) is 22.7 Å². The highest BCUT2D eigenvalue weighted by atomic mass is 16.5. The summed E-state index contributed by atoms with van der Waals surface area (Å²) in [7, 11) is 1.62. The minimum absolute atomic E-state index is 0.138. The van der Waals surface area contributed by atoms with Gasteiger partial charge in [-0.15, -0.1) is 0 Å². The number of anilines is 1. The van der Waals surface area contributed by atoms with Crippen LogP contribution in [0.1, 0.15) is 21.5 Å². The van der Waals surface area contributed by atoms with E-state index < -0.39 is 0 Å². The molecule has 7 heteroatoms. The monoisotopic (exact) mass is 530 g/mol. The topological polar surface area (TPSA) is 76.5 Å². The van der Waals surface area contributed by atoms with E-state index in [9.17, 15) is 9.59 Å². The summed E-state index contributed by atoms with van der Waals surface area (Å²) in [5.74, 6) is 0.547. The summed E-state index contributed by atoms with van der Waals surface area (Å²) < 4.78 is 7.11. The highest BCUT2D eigenvalue weighted by Gasteiger charge is 2.21. The number of amides is 2. The normalized spacial score (nSPS) is 10.7. The van der Waals surface area contributed by atoms with Gasteiger partial charge >= 0.3 is 0 Å². The Bertz CT molecular complexity index is 1580. The molecule has 0 radical (unpaired) electrons. The Labute approximate surface area is 233 Å². The molecule has 0 aliphatic rings. The number of nitrogens with zero attached hydrogens (tertiary/aromatic N) is 3. The van der Waals surface area contributed by atoms with Crippen molar-refractivity contribution in [2.24, 2.45) is 0 Å². The number of benzene rings is 4. The number of hydrogen-bond donors (Lipinski definition) is 1. The van der Waals surface area contributed by atoms with Gasteiger partial charge in [0.2, 0.25) is 11.9 Å². The zero-order valence-corrected chi connectivity index (χ0v) is 22.5. The van der Waals surface area contributed by atoms with Gasteiger partial charge in [0.1, 0.15) is 12.3 Å². The van der Waals surface area contributed by atoms with Crippen molar-refractivity contribution in [1.82, 2.24) is 14.5 Å². The lowest BCUT2D eigenvalue weighted by molar-refractivity contribution is -0.117. The summed E-state index contributed by atoms with van der Waals surface area (Å²) in [5.41, 5.74) is 4.95. The minimum atomic E-state index is -0.347. The Morgan fingerprint density at radius 1 is 0.850 bits per heavy atom. The predicted molar refractivity (Wildman–Crippen MR) is 157 cm³/mol. The number of carbonyl (C=O) groups is 2. The smallest absolute Gasteiger partial charge is 0.254 e. The third-order valence-corrected chi connectivity index (χ3v) is 6.51. The van der Waals surface area contributed by atoms with Crippen molar-refractivity contribution >= 4 is 17.8 Å². The number of hydrogen-bond acceptors (Lipinski definition) is 4. The molecule has 200 valence electrons. The van der Waals surface area contributed by atoms with Gasteiger partial charge in [-0.05, 0) is 61.0 Å². The highest BCUT2D eigenvalue weighted by molar-refractivity contribution is 5.99. The number of imidazole rings is 1. The molecule has 2 amide bonds. The van der Waals surface area contributed by atoms with E-state index in [4.69, 9.17) is 9.72 Å². The number of rotatable bonds is 9. The second-order valence-electron chi connectivity index (χ2n) is 9.44. The molecule has 1 N–H and O–H groups in total. The molecule has 0 unspecified atom stereocenters. The highest BCUT2D eigenvalue weighted by Crippen LogP contribution is 2.26. The Morgan fingerprint density at radius 2 is 1.50 bits per heavy atom. The molecule has 7 nitrogen and oxygen atoms in total. The maximum atomic E-state index is 13.5. The van der Waals surface area contributed by atoms with Gasteiger partial charge < -0.3 is 9.64 Å². The fraction of sp³-hybridized carbons (Fsp3) is 0.121. The quantitative estimate of drug-likeness (QED) is 0.248. The molecule has 0 spiro atoms. The number of para-hydroxylation sites is 1. The number of methoxy groups -OCH3 is 1. The van der Waals surface area contributed by atoms with E-state index in [0.29, 0.717) is 23.8 Å². The largest absolute Gasteiger partial charge is 0.497 e. The standard InChI is InChI=1S/C33H30N4O3/c1-24-13-15-27(16-14-24)32(39)36(21-25-9-5-3-6-10-25)23-31(38)35-33-34-30(26-17-19-29(40-2)20-18-26)22-37(33)28-11-7-4-8-12-28/h3-20,22H,21,23H2,1-2H3,(H,34,35,38). The number of aryl methyl sites for hydroxylation is 1. The first-order chi connectivity index (χ1) is 19.5. The molecule has 5 rings (SSSR count). The van der Waals surface area contributed by atoms with Gasteiger partial charge in [0.05, 0.1) is 12.8 Å². The first kappa shape index (κ1) is 26.4. The average molecular weight is 531 g/mol. The van der Waals surface area contributed by atoms with Crippen molar-refractivity contribution in [2.75, 3.05) is 19.0 Å². The number of carbonyl (C=O) groups excluding carboxylic acids is 2.